The molecule has 80 valence electrons. The highest BCUT2D eigenvalue weighted by atomic mass is 16.3. The molecule has 0 aromatic heterocycles. The Morgan fingerprint density at radius 3 is 2.86 bits per heavy atom. The van der Waals surface area contributed by atoms with Crippen LogP contribution in [0.3, 0.4) is 0 Å². The van der Waals surface area contributed by atoms with Crippen molar-refractivity contribution in [3.63, 3.8) is 0 Å². The lowest BCUT2D eigenvalue weighted by Gasteiger charge is -2.48. The van der Waals surface area contributed by atoms with Crippen LogP contribution in [-0.2, 0) is 0 Å². The molecule has 3 heteroatoms. The predicted octanol–water partition coefficient (Wildman–Crippen LogP) is 2.47. The van der Waals surface area contributed by atoms with Crippen molar-refractivity contribution >= 4 is 0 Å². The van der Waals surface area contributed by atoms with Crippen molar-refractivity contribution in [2.24, 2.45) is 16.5 Å². The zero-order valence-electron chi connectivity index (χ0n) is 8.78. The van der Waals surface area contributed by atoms with Gasteiger partial charge in [-0.3, -0.25) is 0 Å². The summed E-state index contributed by atoms with van der Waals surface area (Å²) in [5.41, 5.74) is 0.274. The van der Waals surface area contributed by atoms with Crippen LogP contribution in [0.15, 0.2) is 5.18 Å². The van der Waals surface area contributed by atoms with E-state index >= 15 is 0 Å². The summed E-state index contributed by atoms with van der Waals surface area (Å²) in [6, 6.07) is -0.0382. The molecular weight excluding hydrogens is 178 g/mol. The van der Waals surface area contributed by atoms with Crippen LogP contribution in [0.5, 0.6) is 0 Å². The van der Waals surface area contributed by atoms with Gasteiger partial charge in [-0.15, -0.1) is 0 Å². The zero-order valence-corrected chi connectivity index (χ0v) is 8.78. The molecule has 0 saturated heterocycles. The second-order valence-electron chi connectivity index (χ2n) is 5.25. The fraction of sp³-hybridized carbons (Fsp3) is 1.00. The van der Waals surface area contributed by atoms with E-state index in [0.717, 1.165) is 32.1 Å². The van der Waals surface area contributed by atoms with Gasteiger partial charge in [-0.05, 0) is 43.4 Å². The highest BCUT2D eigenvalue weighted by Gasteiger charge is 2.46. The van der Waals surface area contributed by atoms with E-state index in [2.05, 4.69) is 12.1 Å². The van der Waals surface area contributed by atoms with E-state index in [0.29, 0.717) is 5.92 Å². The second kappa shape index (κ2) is 3.61. The molecule has 0 aromatic rings. The molecule has 0 spiro atoms. The molecular formula is C11H19NO2. The zero-order chi connectivity index (χ0) is 10.2. The minimum Gasteiger partial charge on any atom is -0.393 e. The van der Waals surface area contributed by atoms with Gasteiger partial charge in [0.1, 0.15) is 0 Å². The summed E-state index contributed by atoms with van der Waals surface area (Å²) in [4.78, 5) is 10.7. The van der Waals surface area contributed by atoms with Gasteiger partial charge >= 0.3 is 0 Å². The van der Waals surface area contributed by atoms with Crippen LogP contribution in [-0.4, -0.2) is 17.3 Å². The lowest BCUT2D eigenvalue weighted by Crippen LogP contribution is -2.44. The molecule has 2 rings (SSSR count). The van der Waals surface area contributed by atoms with Crippen molar-refractivity contribution in [3.8, 4) is 0 Å². The smallest absolute Gasteiger partial charge is 0.0953 e. The fourth-order valence-electron chi connectivity index (χ4n) is 3.35. The number of aliphatic hydroxyl groups excluding tert-OH is 1. The highest BCUT2D eigenvalue weighted by Crippen LogP contribution is 2.50. The fourth-order valence-corrected chi connectivity index (χ4v) is 3.35. The van der Waals surface area contributed by atoms with E-state index in [9.17, 15) is 10.0 Å². The number of nitroso groups, excluding NO2 is 1. The van der Waals surface area contributed by atoms with E-state index in [1.807, 2.05) is 0 Å². The molecule has 2 fully saturated rings. The Morgan fingerprint density at radius 1 is 1.36 bits per heavy atom. The number of rotatable bonds is 1. The molecule has 0 aromatic carbocycles. The van der Waals surface area contributed by atoms with E-state index in [1.165, 1.54) is 6.42 Å². The van der Waals surface area contributed by atoms with Crippen molar-refractivity contribution < 1.29 is 5.11 Å². The third-order valence-corrected chi connectivity index (χ3v) is 4.32. The number of hydrogen-bond acceptors (Lipinski definition) is 3. The summed E-state index contributed by atoms with van der Waals surface area (Å²) in [6.07, 6.45) is 5.80. The highest BCUT2D eigenvalue weighted by molar-refractivity contribution is 4.98. The molecule has 0 radical (unpaired) electrons. The van der Waals surface area contributed by atoms with Gasteiger partial charge in [0, 0.05) is 0 Å². The Hall–Kier alpha value is -0.440. The summed E-state index contributed by atoms with van der Waals surface area (Å²) < 4.78 is 0. The Bertz CT molecular complexity index is 231. The predicted molar refractivity (Wildman–Crippen MR) is 54.9 cm³/mol. The summed E-state index contributed by atoms with van der Waals surface area (Å²) >= 11 is 0. The summed E-state index contributed by atoms with van der Waals surface area (Å²) in [7, 11) is 0. The normalized spacial score (nSPS) is 48.3. The molecule has 1 N–H and O–H groups in total. The van der Waals surface area contributed by atoms with Crippen molar-refractivity contribution in [1.82, 2.24) is 0 Å². The topological polar surface area (TPSA) is 49.7 Å². The first-order valence-corrected chi connectivity index (χ1v) is 5.66. The number of aliphatic hydroxyl groups is 1. The number of nitrogens with zero attached hydrogens (tertiary/aromatic N) is 1. The van der Waals surface area contributed by atoms with Crippen LogP contribution in [0.25, 0.3) is 0 Å². The summed E-state index contributed by atoms with van der Waals surface area (Å²) in [5, 5.41) is 12.9. The molecule has 0 heterocycles. The first-order chi connectivity index (χ1) is 6.65. The van der Waals surface area contributed by atoms with Gasteiger partial charge in [-0.25, -0.2) is 0 Å². The van der Waals surface area contributed by atoms with E-state index < -0.39 is 0 Å². The monoisotopic (exact) mass is 197 g/mol. The summed E-state index contributed by atoms with van der Waals surface area (Å²) in [6.45, 7) is 2.26. The minimum atomic E-state index is -0.199. The molecule has 0 amide bonds. The van der Waals surface area contributed by atoms with E-state index in [1.54, 1.807) is 0 Å². The lowest BCUT2D eigenvalue weighted by molar-refractivity contribution is -0.0175. The maximum atomic E-state index is 10.7. The third-order valence-electron chi connectivity index (χ3n) is 4.32. The molecule has 0 bridgehead atoms. The molecule has 2 aliphatic carbocycles. The third kappa shape index (κ3) is 1.58. The largest absolute Gasteiger partial charge is 0.393 e. The van der Waals surface area contributed by atoms with Gasteiger partial charge in [0.05, 0.1) is 12.1 Å². The maximum Gasteiger partial charge on any atom is 0.0953 e. The van der Waals surface area contributed by atoms with Gasteiger partial charge in [-0.2, -0.15) is 4.91 Å². The van der Waals surface area contributed by atoms with E-state index in [-0.39, 0.29) is 17.6 Å². The molecule has 4 atom stereocenters. The van der Waals surface area contributed by atoms with Gasteiger partial charge in [-0.1, -0.05) is 18.5 Å². The first-order valence-electron chi connectivity index (χ1n) is 5.66. The number of hydrogen-bond donors (Lipinski definition) is 1. The Morgan fingerprint density at radius 2 is 2.14 bits per heavy atom. The first kappa shape index (κ1) is 10.1. The van der Waals surface area contributed by atoms with Crippen molar-refractivity contribution in [2.45, 2.75) is 57.6 Å². The van der Waals surface area contributed by atoms with Gasteiger partial charge in [0.2, 0.25) is 0 Å². The molecule has 0 aliphatic heterocycles. The van der Waals surface area contributed by atoms with Crippen LogP contribution >= 0.6 is 0 Å². The Balaban J connectivity index is 2.17. The van der Waals surface area contributed by atoms with Crippen molar-refractivity contribution in [3.05, 3.63) is 4.91 Å². The molecule has 2 unspecified atom stereocenters. The van der Waals surface area contributed by atoms with Crippen molar-refractivity contribution in [1.29, 1.82) is 0 Å². The van der Waals surface area contributed by atoms with Crippen LogP contribution in [0.1, 0.15) is 45.4 Å². The summed E-state index contributed by atoms with van der Waals surface area (Å²) in [5.74, 6) is 0.331. The second-order valence-corrected chi connectivity index (χ2v) is 5.25. The molecule has 2 aliphatic rings. The van der Waals surface area contributed by atoms with Crippen LogP contribution in [0.2, 0.25) is 0 Å². The maximum absolute atomic E-state index is 10.7. The SMILES string of the molecule is C[C@@]12CCC[C@@H](N=O)C1CC(O)CC2. The van der Waals surface area contributed by atoms with Crippen molar-refractivity contribution in [2.75, 3.05) is 0 Å². The minimum absolute atomic E-state index is 0.0382. The number of fused-ring (bicyclic) bond motifs is 1. The van der Waals surface area contributed by atoms with Gasteiger partial charge in [0.25, 0.3) is 0 Å². The van der Waals surface area contributed by atoms with Gasteiger partial charge in [0.15, 0.2) is 0 Å². The lowest BCUT2D eigenvalue weighted by atomic mass is 9.58. The average molecular weight is 197 g/mol. The quantitative estimate of drug-likeness (QED) is 0.656. The molecule has 2 saturated carbocycles. The Labute approximate surface area is 84.9 Å². The van der Waals surface area contributed by atoms with E-state index in [4.69, 9.17) is 0 Å². The van der Waals surface area contributed by atoms with Crippen LogP contribution in [0.4, 0.5) is 0 Å². The standard InChI is InChI=1S/C11H19NO2/c1-11-5-2-3-10(12-14)9(11)7-8(13)4-6-11/h8-10,13H,2-7H2,1H3/t8?,9?,10-,11+/m1/s1. The molecule has 14 heavy (non-hydrogen) atoms. The molecule has 3 nitrogen and oxygen atoms in total. The van der Waals surface area contributed by atoms with Gasteiger partial charge < -0.3 is 5.11 Å². The van der Waals surface area contributed by atoms with Crippen LogP contribution in [0, 0.1) is 16.2 Å². The van der Waals surface area contributed by atoms with Crippen LogP contribution < -0.4 is 0 Å². The Kier molecular flexibility index (Phi) is 2.60. The average Bonchev–Trinajstić information content (AvgIpc) is 2.18.